The highest BCUT2D eigenvalue weighted by molar-refractivity contribution is 5.96. The lowest BCUT2D eigenvalue weighted by molar-refractivity contribution is 0.389. The van der Waals surface area contributed by atoms with E-state index in [0.717, 1.165) is 71.5 Å². The number of anilines is 2. The van der Waals surface area contributed by atoms with Crippen molar-refractivity contribution in [1.29, 1.82) is 0 Å². The largest absolute Gasteiger partial charge is 0.366 e. The Hall–Kier alpha value is -4.37. The highest BCUT2D eigenvalue weighted by atomic mass is 19.1. The smallest absolute Gasteiger partial charge is 0.226 e. The van der Waals surface area contributed by atoms with Crippen molar-refractivity contribution >= 4 is 28.4 Å². The molecule has 0 aliphatic carbocycles. The minimum atomic E-state index is -0.451. The molecule has 1 aliphatic rings. The van der Waals surface area contributed by atoms with Crippen LogP contribution in [0.2, 0.25) is 0 Å². The minimum absolute atomic E-state index is 0.183. The van der Waals surface area contributed by atoms with Gasteiger partial charge in [0.2, 0.25) is 5.95 Å². The van der Waals surface area contributed by atoms with Gasteiger partial charge in [0.15, 0.2) is 0 Å². The molecule has 0 saturated carbocycles. The van der Waals surface area contributed by atoms with E-state index < -0.39 is 5.83 Å². The Morgan fingerprint density at radius 1 is 1.07 bits per heavy atom. The van der Waals surface area contributed by atoms with E-state index in [2.05, 4.69) is 63.7 Å². The zero-order chi connectivity index (χ0) is 28.6. The number of piperidine rings is 1. The second-order valence-corrected chi connectivity index (χ2v) is 10.6. The SMILES string of the molecule is C=C(F)c1ccc2c(-c3ccccc3CNc3nc(NCC4CCNCC4)ncn[nH]cc3C(C)C)nccc2c1. The lowest BCUT2D eigenvalue weighted by Crippen LogP contribution is -2.31. The summed E-state index contributed by atoms with van der Waals surface area (Å²) in [7, 11) is 0. The van der Waals surface area contributed by atoms with E-state index in [1.165, 1.54) is 6.33 Å². The van der Waals surface area contributed by atoms with Crippen molar-refractivity contribution in [2.24, 2.45) is 5.92 Å². The molecule has 1 fully saturated rings. The second-order valence-electron chi connectivity index (χ2n) is 10.6. The Morgan fingerprint density at radius 2 is 1.90 bits per heavy atom. The van der Waals surface area contributed by atoms with Crippen LogP contribution in [0.4, 0.5) is 16.2 Å². The fourth-order valence-electron chi connectivity index (χ4n) is 5.13. The molecule has 4 aromatic rings. The summed E-state index contributed by atoms with van der Waals surface area (Å²) in [5.74, 6) is 1.56. The van der Waals surface area contributed by atoms with Crippen molar-refractivity contribution in [2.75, 3.05) is 30.3 Å². The van der Waals surface area contributed by atoms with Crippen molar-refractivity contribution in [1.82, 2.24) is 30.5 Å². The van der Waals surface area contributed by atoms with Gasteiger partial charge in [0, 0.05) is 47.6 Å². The third-order valence-corrected chi connectivity index (χ3v) is 7.45. The number of rotatable bonds is 9. The normalized spacial score (nSPS) is 13.7. The molecule has 1 aliphatic heterocycles. The third-order valence-electron chi connectivity index (χ3n) is 7.45. The van der Waals surface area contributed by atoms with Crippen LogP contribution in [0.1, 0.15) is 49.3 Å². The molecule has 0 amide bonds. The molecule has 3 heterocycles. The van der Waals surface area contributed by atoms with Gasteiger partial charge in [-0.3, -0.25) is 10.1 Å². The molecule has 2 aromatic carbocycles. The van der Waals surface area contributed by atoms with Crippen LogP contribution in [0, 0.1) is 5.92 Å². The molecule has 0 atom stereocenters. The second kappa shape index (κ2) is 13.3. The number of fused-ring (bicyclic) bond motifs is 1. The van der Waals surface area contributed by atoms with Crippen molar-refractivity contribution in [3.63, 3.8) is 0 Å². The van der Waals surface area contributed by atoms with Crippen LogP contribution < -0.4 is 16.0 Å². The predicted molar refractivity (Wildman–Crippen MR) is 165 cm³/mol. The van der Waals surface area contributed by atoms with Crippen molar-refractivity contribution < 1.29 is 4.39 Å². The Labute approximate surface area is 240 Å². The Bertz CT molecular complexity index is 1560. The van der Waals surface area contributed by atoms with Gasteiger partial charge in [0.25, 0.3) is 0 Å². The molecule has 0 radical (unpaired) electrons. The number of aromatic nitrogens is 5. The molecular formula is C32H37FN8. The van der Waals surface area contributed by atoms with Gasteiger partial charge in [-0.15, -0.1) is 0 Å². The Balaban J connectivity index is 1.47. The molecule has 41 heavy (non-hydrogen) atoms. The molecule has 4 N–H and O–H groups in total. The summed E-state index contributed by atoms with van der Waals surface area (Å²) in [4.78, 5) is 14.1. The molecule has 5 rings (SSSR count). The summed E-state index contributed by atoms with van der Waals surface area (Å²) in [6.07, 6.45) is 7.37. The quantitative estimate of drug-likeness (QED) is 0.185. The molecule has 1 saturated heterocycles. The van der Waals surface area contributed by atoms with Crippen LogP contribution in [0.5, 0.6) is 0 Å². The first-order valence-corrected chi connectivity index (χ1v) is 14.1. The van der Waals surface area contributed by atoms with Gasteiger partial charge in [-0.05, 0) is 60.8 Å². The maximum Gasteiger partial charge on any atom is 0.226 e. The van der Waals surface area contributed by atoms with Crippen molar-refractivity contribution in [2.45, 2.75) is 39.2 Å². The van der Waals surface area contributed by atoms with E-state index in [0.29, 0.717) is 24.0 Å². The summed E-state index contributed by atoms with van der Waals surface area (Å²) < 4.78 is 13.8. The number of nitrogens with zero attached hydrogens (tertiary/aromatic N) is 4. The average Bonchev–Trinajstić information content (AvgIpc) is 3.09. The van der Waals surface area contributed by atoms with E-state index in [4.69, 9.17) is 9.97 Å². The molecular weight excluding hydrogens is 515 g/mol. The summed E-state index contributed by atoms with van der Waals surface area (Å²) in [5, 5.41) is 19.5. The molecule has 2 aromatic heterocycles. The van der Waals surface area contributed by atoms with E-state index in [-0.39, 0.29) is 5.92 Å². The van der Waals surface area contributed by atoms with Crippen LogP contribution in [-0.2, 0) is 6.54 Å². The van der Waals surface area contributed by atoms with Crippen LogP contribution in [-0.4, -0.2) is 44.8 Å². The number of hydrogen-bond donors (Lipinski definition) is 4. The van der Waals surface area contributed by atoms with Crippen LogP contribution in [0.15, 0.2) is 73.8 Å². The monoisotopic (exact) mass is 552 g/mol. The zero-order valence-electron chi connectivity index (χ0n) is 23.6. The fraction of sp³-hybridized carbons (Fsp3) is 0.312. The highest BCUT2D eigenvalue weighted by Gasteiger charge is 2.15. The van der Waals surface area contributed by atoms with Crippen LogP contribution >= 0.6 is 0 Å². The number of hydrogen-bond acceptors (Lipinski definition) is 7. The first kappa shape index (κ1) is 28.2. The van der Waals surface area contributed by atoms with Gasteiger partial charge < -0.3 is 16.0 Å². The fourth-order valence-corrected chi connectivity index (χ4v) is 5.13. The molecule has 0 bridgehead atoms. The maximum absolute atomic E-state index is 13.8. The van der Waals surface area contributed by atoms with Gasteiger partial charge in [0.1, 0.15) is 18.0 Å². The lowest BCUT2D eigenvalue weighted by atomic mass is 9.98. The number of pyridine rings is 1. The maximum atomic E-state index is 13.8. The first-order valence-electron chi connectivity index (χ1n) is 14.1. The average molecular weight is 553 g/mol. The van der Waals surface area contributed by atoms with Crippen LogP contribution in [0.25, 0.3) is 27.9 Å². The zero-order valence-corrected chi connectivity index (χ0v) is 23.6. The number of halogens is 1. The summed E-state index contributed by atoms with van der Waals surface area (Å²) >= 11 is 0. The standard InChI is InChI=1S/C32H37FN8/c1-21(2)29-19-39-40-20-38-32(37-17-23-10-13-34-14-11-23)41-31(29)36-18-26-6-4-5-7-27(26)30-28-9-8-24(22(3)33)16-25(28)12-15-35-30/h4-9,12,15-16,19-21,23,34,39H,3,10-11,13-14,17-18H2,1-2H3,(H2,36,37,38,40,41). The summed E-state index contributed by atoms with van der Waals surface area (Å²) in [5.41, 5.74) is 4.35. The number of nitrogens with one attached hydrogen (secondary N) is 4. The molecule has 0 unspecified atom stereocenters. The number of aromatic amines is 1. The molecule has 212 valence electrons. The van der Waals surface area contributed by atoms with Crippen molar-refractivity contribution in [3.8, 4) is 11.3 Å². The van der Waals surface area contributed by atoms with Crippen LogP contribution in [0.3, 0.4) is 0 Å². The molecule has 0 spiro atoms. The highest BCUT2D eigenvalue weighted by Crippen LogP contribution is 2.31. The Morgan fingerprint density at radius 3 is 2.71 bits per heavy atom. The number of benzene rings is 2. The number of H-pyrrole nitrogens is 1. The van der Waals surface area contributed by atoms with Gasteiger partial charge in [-0.1, -0.05) is 56.8 Å². The predicted octanol–water partition coefficient (Wildman–Crippen LogP) is 6.63. The van der Waals surface area contributed by atoms with Crippen molar-refractivity contribution in [3.05, 3.63) is 90.5 Å². The molecule has 9 heteroatoms. The minimum Gasteiger partial charge on any atom is -0.366 e. The van der Waals surface area contributed by atoms with Gasteiger partial charge >= 0.3 is 0 Å². The first-order chi connectivity index (χ1) is 20.0. The van der Waals surface area contributed by atoms with Gasteiger partial charge in [-0.25, -0.2) is 4.39 Å². The van der Waals surface area contributed by atoms with E-state index in [9.17, 15) is 4.39 Å². The topological polar surface area (TPSA) is 103 Å². The Kier molecular flexibility index (Phi) is 9.15. The lowest BCUT2D eigenvalue weighted by Gasteiger charge is -2.22. The van der Waals surface area contributed by atoms with Gasteiger partial charge in [-0.2, -0.15) is 15.1 Å². The summed E-state index contributed by atoms with van der Waals surface area (Å²) in [6.45, 7) is 11.1. The summed E-state index contributed by atoms with van der Waals surface area (Å²) in [6, 6.07) is 15.5. The molecule has 8 nitrogen and oxygen atoms in total. The van der Waals surface area contributed by atoms with E-state index in [1.807, 2.05) is 36.5 Å². The van der Waals surface area contributed by atoms with E-state index >= 15 is 0 Å². The van der Waals surface area contributed by atoms with Gasteiger partial charge in [0.05, 0.1) is 5.69 Å². The van der Waals surface area contributed by atoms with E-state index in [1.54, 1.807) is 12.3 Å². The third kappa shape index (κ3) is 7.05.